The van der Waals surface area contributed by atoms with Crippen LogP contribution in [0, 0.1) is 17.1 Å². The standard InChI is InChI=1S/C18H18FN5O2/c1-26-15-8-12(19)6-7-14(15)16(25)18(23-13-4-2-3-5-13)24-17(21)11(9-20)10-22-24/h6-8,10,13H,2-5,21H2,1H3. The van der Waals surface area contributed by atoms with E-state index in [9.17, 15) is 9.18 Å². The summed E-state index contributed by atoms with van der Waals surface area (Å²) in [5.41, 5.74) is 6.26. The molecule has 8 heteroatoms. The van der Waals surface area contributed by atoms with E-state index in [0.717, 1.165) is 31.7 Å². The molecule has 1 fully saturated rings. The summed E-state index contributed by atoms with van der Waals surface area (Å²) in [5.74, 6) is -0.870. The Kier molecular flexibility index (Phi) is 4.98. The first-order valence-electron chi connectivity index (χ1n) is 8.25. The zero-order chi connectivity index (χ0) is 18.7. The van der Waals surface area contributed by atoms with Gasteiger partial charge in [-0.2, -0.15) is 15.0 Å². The van der Waals surface area contributed by atoms with Crippen LogP contribution in [0.3, 0.4) is 0 Å². The number of methoxy groups -OCH3 is 1. The number of nitrogens with two attached hydrogens (primary N) is 1. The van der Waals surface area contributed by atoms with Gasteiger partial charge in [0.15, 0.2) is 5.84 Å². The lowest BCUT2D eigenvalue weighted by molar-refractivity contribution is 0.105. The van der Waals surface area contributed by atoms with Crippen LogP contribution in [0.1, 0.15) is 41.6 Å². The number of aromatic nitrogens is 2. The fourth-order valence-corrected chi connectivity index (χ4v) is 3.00. The number of benzene rings is 1. The van der Waals surface area contributed by atoms with Gasteiger partial charge in [0.25, 0.3) is 0 Å². The van der Waals surface area contributed by atoms with Gasteiger partial charge in [-0.1, -0.05) is 12.8 Å². The maximum Gasteiger partial charge on any atom is 0.233 e. The number of Topliss-reactive ketones (excluding diaryl/α,β-unsaturated/α-hetero) is 1. The second kappa shape index (κ2) is 7.35. The number of hydrogen-bond acceptors (Lipinski definition) is 6. The number of carbonyl (C=O) groups excluding carboxylic acids is 1. The van der Waals surface area contributed by atoms with Crippen LogP contribution in [0.4, 0.5) is 10.2 Å². The van der Waals surface area contributed by atoms with E-state index in [1.807, 2.05) is 6.07 Å². The second-order valence-corrected chi connectivity index (χ2v) is 6.03. The Hall–Kier alpha value is -3.21. The van der Waals surface area contributed by atoms with Gasteiger partial charge in [-0.15, -0.1) is 0 Å². The van der Waals surface area contributed by atoms with E-state index in [2.05, 4.69) is 10.1 Å². The summed E-state index contributed by atoms with van der Waals surface area (Å²) in [6.45, 7) is 0. The van der Waals surface area contributed by atoms with Gasteiger partial charge in [-0.25, -0.2) is 4.39 Å². The molecule has 1 aromatic heterocycles. The van der Waals surface area contributed by atoms with Gasteiger partial charge in [0, 0.05) is 6.07 Å². The third kappa shape index (κ3) is 3.28. The Morgan fingerprint density at radius 1 is 1.46 bits per heavy atom. The highest BCUT2D eigenvalue weighted by Gasteiger charge is 2.26. The lowest BCUT2D eigenvalue weighted by Crippen LogP contribution is -2.28. The van der Waals surface area contributed by atoms with Crippen molar-refractivity contribution in [1.82, 2.24) is 9.78 Å². The zero-order valence-corrected chi connectivity index (χ0v) is 14.3. The summed E-state index contributed by atoms with van der Waals surface area (Å²) in [5, 5.41) is 13.1. The molecule has 26 heavy (non-hydrogen) atoms. The van der Waals surface area contributed by atoms with Gasteiger partial charge in [-0.05, 0) is 25.0 Å². The first kappa shape index (κ1) is 17.6. The lowest BCUT2D eigenvalue weighted by Gasteiger charge is -2.13. The van der Waals surface area contributed by atoms with Crippen molar-refractivity contribution in [1.29, 1.82) is 5.26 Å². The van der Waals surface area contributed by atoms with Crippen LogP contribution < -0.4 is 10.5 Å². The van der Waals surface area contributed by atoms with Crippen molar-refractivity contribution in [3.63, 3.8) is 0 Å². The number of aliphatic imine (C=N–C) groups is 1. The third-order valence-electron chi connectivity index (χ3n) is 4.37. The Labute approximate surface area is 149 Å². The fourth-order valence-electron chi connectivity index (χ4n) is 3.00. The van der Waals surface area contributed by atoms with Crippen molar-refractivity contribution in [3.8, 4) is 11.8 Å². The quantitative estimate of drug-likeness (QED) is 0.515. The van der Waals surface area contributed by atoms with Crippen molar-refractivity contribution in [2.45, 2.75) is 31.7 Å². The number of carbonyl (C=O) groups is 1. The molecule has 0 aliphatic heterocycles. The molecule has 1 aliphatic rings. The van der Waals surface area contributed by atoms with Gasteiger partial charge in [-0.3, -0.25) is 9.79 Å². The van der Waals surface area contributed by atoms with E-state index in [1.54, 1.807) is 0 Å². The molecule has 134 valence electrons. The molecule has 1 saturated carbocycles. The van der Waals surface area contributed by atoms with Gasteiger partial charge in [0.2, 0.25) is 5.78 Å². The molecule has 3 rings (SSSR count). The lowest BCUT2D eigenvalue weighted by atomic mass is 10.1. The predicted molar refractivity (Wildman–Crippen MR) is 93.7 cm³/mol. The SMILES string of the molecule is COc1cc(F)ccc1C(=O)C(=NC1CCCC1)n1ncc(C#N)c1N. The van der Waals surface area contributed by atoms with Gasteiger partial charge < -0.3 is 10.5 Å². The number of ether oxygens (including phenoxy) is 1. The van der Waals surface area contributed by atoms with Crippen molar-refractivity contribution in [2.24, 2.45) is 4.99 Å². The topological polar surface area (TPSA) is 106 Å². The molecule has 0 unspecified atom stereocenters. The Balaban J connectivity index is 2.10. The number of anilines is 1. The predicted octanol–water partition coefficient (Wildman–Crippen LogP) is 2.56. The fraction of sp³-hybridized carbons (Fsp3) is 0.333. The number of nitrogens with zero attached hydrogens (tertiary/aromatic N) is 4. The minimum atomic E-state index is -0.516. The van der Waals surface area contributed by atoms with Crippen molar-refractivity contribution >= 4 is 17.4 Å². The maximum atomic E-state index is 13.5. The first-order valence-corrected chi connectivity index (χ1v) is 8.25. The largest absolute Gasteiger partial charge is 0.496 e. The number of ketones is 1. The number of rotatable bonds is 4. The van der Waals surface area contributed by atoms with E-state index in [1.165, 1.54) is 30.1 Å². The molecular weight excluding hydrogens is 337 g/mol. The highest BCUT2D eigenvalue weighted by Crippen LogP contribution is 2.25. The minimum absolute atomic E-state index is 0.000748. The molecule has 1 aromatic carbocycles. The molecule has 2 N–H and O–H groups in total. The van der Waals surface area contributed by atoms with Crippen LogP contribution in [-0.4, -0.2) is 34.6 Å². The molecule has 2 aromatic rings. The molecule has 1 heterocycles. The Bertz CT molecular complexity index is 907. The normalized spacial score (nSPS) is 15.0. The van der Waals surface area contributed by atoms with Gasteiger partial charge >= 0.3 is 0 Å². The summed E-state index contributed by atoms with van der Waals surface area (Å²) in [6.07, 6.45) is 5.09. The van der Waals surface area contributed by atoms with E-state index in [-0.39, 0.29) is 34.6 Å². The summed E-state index contributed by atoms with van der Waals surface area (Å²) in [6, 6.07) is 5.55. The number of nitrogen functional groups attached to an aromatic ring is 1. The second-order valence-electron chi connectivity index (χ2n) is 6.03. The third-order valence-corrected chi connectivity index (χ3v) is 4.37. The average Bonchev–Trinajstić information content (AvgIpc) is 3.28. The van der Waals surface area contributed by atoms with E-state index in [0.29, 0.717) is 0 Å². The Morgan fingerprint density at radius 3 is 2.81 bits per heavy atom. The maximum absolute atomic E-state index is 13.5. The average molecular weight is 355 g/mol. The molecule has 0 saturated heterocycles. The highest BCUT2D eigenvalue weighted by molar-refractivity contribution is 6.46. The highest BCUT2D eigenvalue weighted by atomic mass is 19.1. The first-order chi connectivity index (χ1) is 12.5. The van der Waals surface area contributed by atoms with E-state index < -0.39 is 11.6 Å². The molecular formula is C18H18FN5O2. The van der Waals surface area contributed by atoms with Crippen LogP contribution in [0.25, 0.3) is 0 Å². The van der Waals surface area contributed by atoms with Crippen molar-refractivity contribution in [2.75, 3.05) is 12.8 Å². The summed E-state index contributed by atoms with van der Waals surface area (Å²) >= 11 is 0. The van der Waals surface area contributed by atoms with Crippen LogP contribution in [0.5, 0.6) is 5.75 Å². The minimum Gasteiger partial charge on any atom is -0.496 e. The number of nitriles is 1. The molecule has 0 radical (unpaired) electrons. The van der Waals surface area contributed by atoms with Gasteiger partial charge in [0.05, 0.1) is 24.9 Å². The van der Waals surface area contributed by atoms with Crippen LogP contribution in [0.15, 0.2) is 29.4 Å². The monoisotopic (exact) mass is 355 g/mol. The van der Waals surface area contributed by atoms with E-state index in [4.69, 9.17) is 15.7 Å². The molecule has 7 nitrogen and oxygen atoms in total. The van der Waals surface area contributed by atoms with E-state index >= 15 is 0 Å². The van der Waals surface area contributed by atoms with Crippen LogP contribution in [0.2, 0.25) is 0 Å². The smallest absolute Gasteiger partial charge is 0.233 e. The number of halogens is 1. The molecule has 0 bridgehead atoms. The summed E-state index contributed by atoms with van der Waals surface area (Å²) in [4.78, 5) is 17.7. The zero-order valence-electron chi connectivity index (χ0n) is 14.3. The molecule has 0 spiro atoms. The van der Waals surface area contributed by atoms with Crippen LogP contribution >= 0.6 is 0 Å². The summed E-state index contributed by atoms with van der Waals surface area (Å²) in [7, 11) is 1.36. The summed E-state index contributed by atoms with van der Waals surface area (Å²) < 4.78 is 19.8. The molecule has 0 amide bonds. The van der Waals surface area contributed by atoms with Crippen molar-refractivity contribution < 1.29 is 13.9 Å². The molecule has 0 atom stereocenters. The molecule has 1 aliphatic carbocycles. The Morgan fingerprint density at radius 2 is 2.19 bits per heavy atom. The van der Waals surface area contributed by atoms with Gasteiger partial charge in [0.1, 0.15) is 29.0 Å². The van der Waals surface area contributed by atoms with Crippen LogP contribution in [-0.2, 0) is 0 Å². The number of hydrogen-bond donors (Lipinski definition) is 1. The van der Waals surface area contributed by atoms with Crippen molar-refractivity contribution in [3.05, 3.63) is 41.3 Å².